The van der Waals surface area contributed by atoms with Crippen LogP contribution in [0.15, 0.2) is 103 Å². The van der Waals surface area contributed by atoms with Crippen LogP contribution in [0.2, 0.25) is 0 Å². The Morgan fingerprint density at radius 1 is 0.684 bits per heavy atom. The van der Waals surface area contributed by atoms with E-state index in [0.29, 0.717) is 11.1 Å². The minimum absolute atomic E-state index is 0.0136. The topological polar surface area (TPSA) is 211 Å². The Morgan fingerprint density at radius 3 is 1.87 bits per heavy atom. The molecule has 1 fully saturated rings. The monoisotopic (exact) mass is 1080 g/mol. The fourth-order valence-corrected chi connectivity index (χ4v) is 11.0. The summed E-state index contributed by atoms with van der Waals surface area (Å²) >= 11 is 0. The van der Waals surface area contributed by atoms with Crippen molar-refractivity contribution in [2.45, 2.75) is 155 Å². The minimum atomic E-state index is -0.988. The number of hydrogen-bond donors (Lipinski definition) is 6. The van der Waals surface area contributed by atoms with Crippen LogP contribution in [0.5, 0.6) is 0 Å². The van der Waals surface area contributed by atoms with Crippen molar-refractivity contribution in [3.63, 3.8) is 0 Å². The van der Waals surface area contributed by atoms with Gasteiger partial charge in [-0.3, -0.25) is 33.6 Å². The van der Waals surface area contributed by atoms with Crippen LogP contribution >= 0.6 is 0 Å². The highest BCUT2D eigenvalue weighted by Crippen LogP contribution is 2.34. The van der Waals surface area contributed by atoms with Gasteiger partial charge in [0.25, 0.3) is 5.91 Å². The van der Waals surface area contributed by atoms with E-state index in [2.05, 4.69) is 38.0 Å². The van der Waals surface area contributed by atoms with Gasteiger partial charge in [0.05, 0.1) is 30.8 Å². The second kappa shape index (κ2) is 25.9. The van der Waals surface area contributed by atoms with Crippen LogP contribution in [-0.4, -0.2) is 133 Å². The largest absolute Gasteiger partial charge is 0.382 e. The Balaban J connectivity index is 1.19. The van der Waals surface area contributed by atoms with Gasteiger partial charge in [-0.2, -0.15) is 0 Å². The molecule has 7 amide bonds. The van der Waals surface area contributed by atoms with Gasteiger partial charge in [0.15, 0.2) is 0 Å². The zero-order chi connectivity index (χ0) is 57.3. The molecule has 4 aromatic rings. The second-order valence-electron chi connectivity index (χ2n) is 23.7. The molecule has 17 heteroatoms. The Labute approximate surface area is 466 Å². The van der Waals surface area contributed by atoms with Crippen molar-refractivity contribution in [3.8, 4) is 0 Å². The number of hydrogen-bond acceptors (Lipinski definition) is 10. The number of nitrogens with zero attached hydrogens (tertiary/aromatic N) is 3. The Morgan fingerprint density at radius 2 is 1.27 bits per heavy atom. The molecule has 1 unspecified atom stereocenters. The fourth-order valence-electron chi connectivity index (χ4n) is 11.0. The first-order valence-corrected chi connectivity index (χ1v) is 27.8. The molecule has 0 spiro atoms. The highest BCUT2D eigenvalue weighted by molar-refractivity contribution is 5.97. The van der Waals surface area contributed by atoms with Crippen molar-refractivity contribution in [3.05, 3.63) is 142 Å². The van der Waals surface area contributed by atoms with Crippen molar-refractivity contribution >= 4 is 41.4 Å². The maximum atomic E-state index is 15.8. The molecule has 0 saturated carbocycles. The fraction of sp³-hybridized carbons (Fsp3) is 0.500. The average molecular weight is 1080 g/mol. The van der Waals surface area contributed by atoms with Gasteiger partial charge in [-0.15, -0.1) is 0 Å². The van der Waals surface area contributed by atoms with Gasteiger partial charge in [0.1, 0.15) is 24.2 Å². The molecule has 0 bridgehead atoms. The van der Waals surface area contributed by atoms with E-state index in [-0.39, 0.29) is 74.7 Å². The zero-order valence-electron chi connectivity index (χ0n) is 48.0. The van der Waals surface area contributed by atoms with Crippen molar-refractivity contribution < 1.29 is 38.3 Å². The van der Waals surface area contributed by atoms with E-state index in [1.54, 1.807) is 63.1 Å². The Hall–Kier alpha value is -6.95. The minimum Gasteiger partial charge on any atom is -0.382 e. The third-order valence-electron chi connectivity index (χ3n) is 15.9. The number of carbonyl (C=O) groups is 7. The predicted molar refractivity (Wildman–Crippen MR) is 304 cm³/mol. The summed E-state index contributed by atoms with van der Waals surface area (Å²) in [6, 6.07) is 25.8. The first-order valence-electron chi connectivity index (χ1n) is 27.8. The van der Waals surface area contributed by atoms with E-state index in [9.17, 15) is 24.0 Å². The van der Waals surface area contributed by atoms with Gasteiger partial charge in [-0.1, -0.05) is 133 Å². The van der Waals surface area contributed by atoms with Gasteiger partial charge in [0.2, 0.25) is 35.4 Å². The summed E-state index contributed by atoms with van der Waals surface area (Å²) in [4.78, 5) is 107. The number of benzene rings is 4. The highest BCUT2D eigenvalue weighted by Gasteiger charge is 2.47. The van der Waals surface area contributed by atoms with Gasteiger partial charge in [-0.25, -0.2) is 0 Å². The number of carbonyl (C=O) groups excluding carboxylic acids is 7. The Kier molecular flexibility index (Phi) is 19.6. The number of rotatable bonds is 19. The van der Waals surface area contributed by atoms with Crippen molar-refractivity contribution in [1.29, 1.82) is 0 Å². The lowest BCUT2D eigenvalue weighted by atomic mass is 9.84. The highest BCUT2D eigenvalue weighted by atomic mass is 16.5. The van der Waals surface area contributed by atoms with E-state index in [4.69, 9.17) is 4.74 Å². The molecule has 424 valence electrons. The lowest BCUT2D eigenvalue weighted by Gasteiger charge is -2.44. The zero-order valence-corrected chi connectivity index (χ0v) is 48.0. The first kappa shape index (κ1) is 59.7. The first-order chi connectivity index (χ1) is 37.5. The lowest BCUT2D eigenvalue weighted by Crippen LogP contribution is -2.62. The molecule has 79 heavy (non-hydrogen) atoms. The molecular formula is C62H83N9O8. The molecule has 17 nitrogen and oxygen atoms in total. The average Bonchev–Trinajstić information content (AvgIpc) is 3.98. The maximum Gasteiger partial charge on any atom is 0.251 e. The summed E-state index contributed by atoms with van der Waals surface area (Å²) in [5.74, 6) is -2.63. The SMILES string of the molecule is CN[C@@H](C)C(=O)NC(C(=O)N1C[C@@H](NC(=O)c2cccc(CN(C(=O)[C@@H]3Cc4ccccc4CN3C(=O)[C@@H](NC(=O)[C@H](C)NC)C(C)(C)C)[C@@H](COC)c3ccccc3)c2)C[C@H]1C(=O)N[C@@H]1CCCc2ccccc21)C(C)(C)C. The van der Waals surface area contributed by atoms with Gasteiger partial charge in [-0.05, 0) is 110 Å². The van der Waals surface area contributed by atoms with E-state index in [1.165, 1.54) is 10.5 Å². The summed E-state index contributed by atoms with van der Waals surface area (Å²) in [6.45, 7) is 15.0. The standard InChI is InChI=1S/C62H83N9O8/c1-38(63-9)54(72)67-52(61(3,4)5)59(77)70-35-45-26-16-15-25-43(45)32-50(70)58(76)69(51(37-79-11)42-23-13-12-14-24-42)34-40-21-19-28-44(31-40)56(74)65-46-33-49(57(75)66-48-30-20-27-41-22-17-18-29-47(41)48)71(36-46)60(78)53(62(6,7)8)68-55(73)39(2)64-10/h12-19,21-26,28-29,31,38-39,46,48-53,63-64H,20,27,30,32-37H2,1-11H3,(H,65,74)(H,66,75)(H,67,72)(H,68,73)/t38-,39-,46-,48+,49-,50-,51-,52+,53?/m0/s1. The molecule has 1 saturated heterocycles. The summed E-state index contributed by atoms with van der Waals surface area (Å²) < 4.78 is 5.85. The molecule has 0 aromatic heterocycles. The normalized spacial score (nSPS) is 20.0. The molecule has 2 aliphatic heterocycles. The smallest absolute Gasteiger partial charge is 0.251 e. The van der Waals surface area contributed by atoms with Crippen LogP contribution < -0.4 is 31.9 Å². The van der Waals surface area contributed by atoms with Crippen LogP contribution in [0.25, 0.3) is 0 Å². The van der Waals surface area contributed by atoms with E-state index < -0.39 is 71.0 Å². The number of likely N-dealkylation sites (tertiary alicyclic amines) is 1. The molecule has 3 aliphatic rings. The van der Waals surface area contributed by atoms with Gasteiger partial charge < -0.3 is 51.3 Å². The number of fused-ring (bicyclic) bond motifs is 2. The summed E-state index contributed by atoms with van der Waals surface area (Å²) in [5.41, 5.74) is 4.31. The quantitative estimate of drug-likeness (QED) is 0.0692. The maximum absolute atomic E-state index is 15.8. The van der Waals surface area contributed by atoms with Crippen LogP contribution in [-0.2, 0) is 59.4 Å². The number of methoxy groups -OCH3 is 1. The number of aryl methyl sites for hydroxylation is 1. The molecule has 1 aliphatic carbocycles. The number of amides is 7. The summed E-state index contributed by atoms with van der Waals surface area (Å²) in [5, 5.41) is 18.2. The molecule has 6 N–H and O–H groups in total. The number of nitrogens with one attached hydrogen (secondary N) is 6. The van der Waals surface area contributed by atoms with E-state index >= 15 is 9.59 Å². The molecule has 9 atom stereocenters. The van der Waals surface area contributed by atoms with Crippen LogP contribution in [0.1, 0.15) is 130 Å². The second-order valence-corrected chi connectivity index (χ2v) is 23.7. The number of likely N-dealkylation sites (N-methyl/N-ethyl adjacent to an activating group) is 2. The third kappa shape index (κ3) is 14.3. The van der Waals surface area contributed by atoms with Gasteiger partial charge in [0, 0.05) is 44.8 Å². The van der Waals surface area contributed by atoms with Crippen LogP contribution in [0, 0.1) is 10.8 Å². The van der Waals surface area contributed by atoms with Gasteiger partial charge >= 0.3 is 0 Å². The van der Waals surface area contributed by atoms with Crippen molar-refractivity contribution in [1.82, 2.24) is 46.6 Å². The molecule has 7 rings (SSSR count). The molecule has 2 heterocycles. The van der Waals surface area contributed by atoms with Crippen LogP contribution in [0.3, 0.4) is 0 Å². The molecule has 0 radical (unpaired) electrons. The number of ether oxygens (including phenoxy) is 1. The molecule has 4 aromatic carbocycles. The lowest BCUT2D eigenvalue weighted by molar-refractivity contribution is -0.153. The summed E-state index contributed by atoms with van der Waals surface area (Å²) in [6.07, 6.45) is 2.88. The van der Waals surface area contributed by atoms with E-state index in [0.717, 1.165) is 41.5 Å². The van der Waals surface area contributed by atoms with Crippen molar-refractivity contribution in [2.24, 2.45) is 10.8 Å². The Bertz CT molecular complexity index is 2830. The predicted octanol–water partition coefficient (Wildman–Crippen LogP) is 5.53. The summed E-state index contributed by atoms with van der Waals surface area (Å²) in [7, 11) is 4.91. The van der Waals surface area contributed by atoms with Crippen LogP contribution in [0.4, 0.5) is 0 Å². The molecular weight excluding hydrogens is 999 g/mol. The van der Waals surface area contributed by atoms with Crippen molar-refractivity contribution in [2.75, 3.05) is 34.4 Å². The third-order valence-corrected chi connectivity index (χ3v) is 15.9. The van der Waals surface area contributed by atoms with E-state index in [1.807, 2.05) is 120 Å².